The molecule has 0 spiro atoms. The van der Waals surface area contributed by atoms with Gasteiger partial charge in [0.05, 0.1) is 10.5 Å². The number of fused-ring (bicyclic) bond motifs is 2. The van der Waals surface area contributed by atoms with Gasteiger partial charge in [0.1, 0.15) is 0 Å². The van der Waals surface area contributed by atoms with Crippen LogP contribution in [0.25, 0.3) is 21.5 Å². The molecule has 0 aromatic heterocycles. The van der Waals surface area contributed by atoms with E-state index in [9.17, 15) is 18.0 Å². The van der Waals surface area contributed by atoms with E-state index in [4.69, 9.17) is 0 Å². The Kier molecular flexibility index (Phi) is 5.67. The molecule has 0 N–H and O–H groups in total. The molecule has 6 nitrogen and oxygen atoms in total. The van der Waals surface area contributed by atoms with Crippen molar-refractivity contribution in [1.29, 1.82) is 0 Å². The Morgan fingerprint density at radius 3 is 1.79 bits per heavy atom. The van der Waals surface area contributed by atoms with Crippen LogP contribution in [0.4, 0.5) is 0 Å². The van der Waals surface area contributed by atoms with E-state index >= 15 is 0 Å². The first kappa shape index (κ1) is 22.3. The summed E-state index contributed by atoms with van der Waals surface area (Å²) in [6.45, 7) is 2.48. The van der Waals surface area contributed by atoms with Crippen LogP contribution in [-0.4, -0.2) is 55.5 Å². The fourth-order valence-corrected chi connectivity index (χ4v) is 5.97. The van der Waals surface area contributed by atoms with Gasteiger partial charge in [-0.1, -0.05) is 60.7 Å². The Bertz CT molecular complexity index is 1470. The highest BCUT2D eigenvalue weighted by molar-refractivity contribution is 7.89. The SMILES string of the molecule is CC(=O)c1ccc(S(=O)(=O)N2CCN(C(=O)c3c4ccccc4cc4ccccc34)CC2)cc1. The maximum absolute atomic E-state index is 13.7. The second kappa shape index (κ2) is 8.66. The third kappa shape index (κ3) is 3.87. The number of sulfonamides is 1. The van der Waals surface area contributed by atoms with E-state index in [-0.39, 0.29) is 29.7 Å². The van der Waals surface area contributed by atoms with Gasteiger partial charge in [-0.3, -0.25) is 9.59 Å². The first-order valence-electron chi connectivity index (χ1n) is 11.2. The molecule has 1 aliphatic rings. The summed E-state index contributed by atoms with van der Waals surface area (Å²) < 4.78 is 27.6. The van der Waals surface area contributed by atoms with Crippen molar-refractivity contribution in [2.24, 2.45) is 0 Å². The number of piperazine rings is 1. The number of benzene rings is 4. The molecule has 5 rings (SSSR count). The number of hydrogen-bond donors (Lipinski definition) is 0. The first-order valence-corrected chi connectivity index (χ1v) is 12.6. The molecule has 172 valence electrons. The van der Waals surface area contributed by atoms with Crippen molar-refractivity contribution in [3.63, 3.8) is 0 Å². The van der Waals surface area contributed by atoms with Gasteiger partial charge in [-0.25, -0.2) is 8.42 Å². The third-order valence-corrected chi connectivity index (χ3v) is 8.32. The van der Waals surface area contributed by atoms with Crippen LogP contribution >= 0.6 is 0 Å². The van der Waals surface area contributed by atoms with E-state index in [1.807, 2.05) is 48.5 Å². The maximum atomic E-state index is 13.7. The highest BCUT2D eigenvalue weighted by Gasteiger charge is 2.31. The molecule has 4 aromatic carbocycles. The molecular weight excluding hydrogens is 448 g/mol. The van der Waals surface area contributed by atoms with Gasteiger partial charge in [0, 0.05) is 31.7 Å². The van der Waals surface area contributed by atoms with Crippen molar-refractivity contribution in [1.82, 2.24) is 9.21 Å². The van der Waals surface area contributed by atoms with Gasteiger partial charge in [0.15, 0.2) is 5.78 Å². The van der Waals surface area contributed by atoms with E-state index in [1.165, 1.54) is 35.5 Å². The zero-order chi connectivity index (χ0) is 23.9. The molecule has 1 amide bonds. The molecule has 0 unspecified atom stereocenters. The lowest BCUT2D eigenvalue weighted by molar-refractivity contribution is 0.0701. The van der Waals surface area contributed by atoms with Gasteiger partial charge in [0.25, 0.3) is 5.91 Å². The highest BCUT2D eigenvalue weighted by atomic mass is 32.2. The molecule has 7 heteroatoms. The number of carbonyl (C=O) groups excluding carboxylic acids is 2. The van der Waals surface area contributed by atoms with Crippen molar-refractivity contribution in [2.45, 2.75) is 11.8 Å². The van der Waals surface area contributed by atoms with E-state index in [1.54, 1.807) is 4.90 Å². The van der Waals surface area contributed by atoms with Gasteiger partial charge in [-0.2, -0.15) is 4.31 Å². The van der Waals surface area contributed by atoms with Crippen molar-refractivity contribution in [3.8, 4) is 0 Å². The fourth-order valence-electron chi connectivity index (χ4n) is 4.54. The summed E-state index contributed by atoms with van der Waals surface area (Å²) in [6, 6.07) is 23.8. The van der Waals surface area contributed by atoms with Crippen LogP contribution in [0.15, 0.2) is 83.8 Å². The van der Waals surface area contributed by atoms with E-state index < -0.39 is 10.0 Å². The minimum atomic E-state index is -3.70. The number of nitrogens with zero attached hydrogens (tertiary/aromatic N) is 2. The van der Waals surface area contributed by atoms with Crippen LogP contribution < -0.4 is 0 Å². The third-order valence-electron chi connectivity index (χ3n) is 6.41. The molecule has 4 aromatic rings. The summed E-state index contributed by atoms with van der Waals surface area (Å²) >= 11 is 0. The second-order valence-corrected chi connectivity index (χ2v) is 10.4. The van der Waals surface area contributed by atoms with Crippen LogP contribution in [0.2, 0.25) is 0 Å². The van der Waals surface area contributed by atoms with Gasteiger partial charge in [-0.15, -0.1) is 0 Å². The molecular formula is C27H24N2O4S. The Morgan fingerprint density at radius 2 is 1.26 bits per heavy atom. The number of ketones is 1. The van der Waals surface area contributed by atoms with Gasteiger partial charge >= 0.3 is 0 Å². The van der Waals surface area contributed by atoms with Crippen LogP contribution in [0.3, 0.4) is 0 Å². The molecule has 1 heterocycles. The maximum Gasteiger partial charge on any atom is 0.255 e. The smallest absolute Gasteiger partial charge is 0.255 e. The van der Waals surface area contributed by atoms with Gasteiger partial charge < -0.3 is 4.90 Å². The Labute approximate surface area is 198 Å². The minimum Gasteiger partial charge on any atom is -0.336 e. The van der Waals surface area contributed by atoms with Crippen molar-refractivity contribution in [3.05, 3.63) is 90.0 Å². The fraction of sp³-hybridized carbons (Fsp3) is 0.185. The molecule has 1 aliphatic heterocycles. The van der Waals surface area contributed by atoms with Crippen LogP contribution in [0, 0.1) is 0 Å². The summed E-state index contributed by atoms with van der Waals surface area (Å²) in [5.74, 6) is -0.201. The molecule has 34 heavy (non-hydrogen) atoms. The van der Waals surface area contributed by atoms with Crippen molar-refractivity contribution < 1.29 is 18.0 Å². The van der Waals surface area contributed by atoms with E-state index in [0.717, 1.165) is 21.5 Å². The number of Topliss-reactive ketones (excluding diaryl/α,β-unsaturated/α-hetero) is 1. The van der Waals surface area contributed by atoms with E-state index in [0.29, 0.717) is 24.2 Å². The average molecular weight is 473 g/mol. The largest absolute Gasteiger partial charge is 0.336 e. The number of hydrogen-bond acceptors (Lipinski definition) is 4. The zero-order valence-electron chi connectivity index (χ0n) is 18.8. The monoisotopic (exact) mass is 472 g/mol. The summed E-state index contributed by atoms with van der Waals surface area (Å²) in [6.07, 6.45) is 0. The lowest BCUT2D eigenvalue weighted by Crippen LogP contribution is -2.50. The molecule has 1 fully saturated rings. The summed E-state index contributed by atoms with van der Waals surface area (Å²) in [4.78, 5) is 27.1. The molecule has 0 saturated carbocycles. The number of amides is 1. The second-order valence-electron chi connectivity index (χ2n) is 8.47. The molecule has 0 aliphatic carbocycles. The molecule has 1 saturated heterocycles. The normalized spacial score (nSPS) is 15.0. The lowest BCUT2D eigenvalue weighted by Gasteiger charge is -2.34. The van der Waals surface area contributed by atoms with Gasteiger partial charge in [0.2, 0.25) is 10.0 Å². The molecule has 0 bridgehead atoms. The molecule has 0 radical (unpaired) electrons. The Morgan fingerprint density at radius 1 is 0.735 bits per heavy atom. The summed E-state index contributed by atoms with van der Waals surface area (Å²) in [5.41, 5.74) is 1.13. The Hall–Kier alpha value is -3.55. The Balaban J connectivity index is 1.40. The molecule has 0 atom stereocenters. The zero-order valence-corrected chi connectivity index (χ0v) is 19.6. The lowest BCUT2D eigenvalue weighted by atomic mass is 9.96. The predicted molar refractivity (Wildman–Crippen MR) is 133 cm³/mol. The van der Waals surface area contributed by atoms with Gasteiger partial charge in [-0.05, 0) is 46.7 Å². The minimum absolute atomic E-state index is 0.0872. The van der Waals surface area contributed by atoms with Crippen molar-refractivity contribution >= 4 is 43.3 Å². The topological polar surface area (TPSA) is 74.8 Å². The summed E-state index contributed by atoms with van der Waals surface area (Å²) in [7, 11) is -3.70. The highest BCUT2D eigenvalue weighted by Crippen LogP contribution is 2.30. The first-order chi connectivity index (χ1) is 16.4. The number of rotatable bonds is 4. The van der Waals surface area contributed by atoms with Crippen LogP contribution in [0.5, 0.6) is 0 Å². The van der Waals surface area contributed by atoms with E-state index in [2.05, 4.69) is 6.07 Å². The summed E-state index contributed by atoms with van der Waals surface area (Å²) in [5, 5.41) is 3.79. The van der Waals surface area contributed by atoms with Crippen LogP contribution in [-0.2, 0) is 10.0 Å². The number of carbonyl (C=O) groups is 2. The predicted octanol–water partition coefficient (Wildman–Crippen LogP) is 4.34. The van der Waals surface area contributed by atoms with Crippen LogP contribution in [0.1, 0.15) is 27.6 Å². The standard InChI is InChI=1S/C27H24N2O4S/c1-19(30)20-10-12-23(13-11-20)34(32,33)29-16-14-28(15-17-29)27(31)26-24-8-4-2-6-21(24)18-22-7-3-5-9-25(22)26/h2-13,18H,14-17H2,1H3. The average Bonchev–Trinajstić information content (AvgIpc) is 2.87. The van der Waals surface area contributed by atoms with Crippen molar-refractivity contribution in [2.75, 3.05) is 26.2 Å². The quantitative estimate of drug-likeness (QED) is 0.327.